The number of pyridine rings is 1. The molecule has 0 unspecified atom stereocenters. The lowest BCUT2D eigenvalue weighted by molar-refractivity contribution is -0.902. The van der Waals surface area contributed by atoms with Gasteiger partial charge in [-0.2, -0.15) is 0 Å². The highest BCUT2D eigenvalue weighted by atomic mass is 16.2. The smallest absolute Gasteiger partial charge is 0.270 e. The maximum absolute atomic E-state index is 12.5. The van der Waals surface area contributed by atoms with Gasteiger partial charge in [0, 0.05) is 11.8 Å². The molecule has 0 saturated carbocycles. The van der Waals surface area contributed by atoms with Crippen LogP contribution in [0.4, 0.5) is 0 Å². The molecule has 0 spiro atoms. The Kier molecular flexibility index (Phi) is 5.96. The van der Waals surface area contributed by atoms with Crippen LogP contribution in [0.3, 0.4) is 0 Å². The summed E-state index contributed by atoms with van der Waals surface area (Å²) in [5.41, 5.74) is 2.35. The average Bonchev–Trinajstić information content (AvgIpc) is 2.69. The third-order valence-corrected chi connectivity index (χ3v) is 4.72. The molecular formula is C20H25N4O2+. The van der Waals surface area contributed by atoms with E-state index >= 15 is 0 Å². The van der Waals surface area contributed by atoms with Crippen LogP contribution in [0.1, 0.15) is 26.4 Å². The summed E-state index contributed by atoms with van der Waals surface area (Å²) in [7, 11) is 0. The lowest BCUT2D eigenvalue weighted by Gasteiger charge is -2.32. The van der Waals surface area contributed by atoms with Crippen molar-refractivity contribution in [2.24, 2.45) is 0 Å². The molecule has 0 atom stereocenters. The van der Waals surface area contributed by atoms with Gasteiger partial charge in [-0.05, 0) is 31.2 Å². The van der Waals surface area contributed by atoms with Gasteiger partial charge < -0.3 is 15.1 Å². The average molecular weight is 353 g/mol. The fourth-order valence-corrected chi connectivity index (χ4v) is 3.10. The summed E-state index contributed by atoms with van der Waals surface area (Å²) in [6.45, 7) is 6.77. The molecule has 2 heterocycles. The van der Waals surface area contributed by atoms with Crippen LogP contribution in [-0.4, -0.2) is 61.0 Å². The van der Waals surface area contributed by atoms with E-state index in [4.69, 9.17) is 0 Å². The number of hydrogen-bond acceptors (Lipinski definition) is 3. The molecule has 1 fully saturated rings. The number of nitrogens with zero attached hydrogens (tertiary/aromatic N) is 2. The fourth-order valence-electron chi connectivity index (χ4n) is 3.10. The van der Waals surface area contributed by atoms with E-state index in [1.54, 1.807) is 24.4 Å². The minimum atomic E-state index is -0.141. The van der Waals surface area contributed by atoms with Crippen LogP contribution in [0.5, 0.6) is 0 Å². The first-order valence-corrected chi connectivity index (χ1v) is 9.02. The van der Waals surface area contributed by atoms with E-state index < -0.39 is 0 Å². The second kappa shape index (κ2) is 8.58. The molecule has 6 nitrogen and oxygen atoms in total. The van der Waals surface area contributed by atoms with Crippen molar-refractivity contribution in [3.05, 3.63) is 65.5 Å². The van der Waals surface area contributed by atoms with Gasteiger partial charge in [0.05, 0.1) is 39.3 Å². The van der Waals surface area contributed by atoms with Crippen molar-refractivity contribution < 1.29 is 14.5 Å². The highest BCUT2D eigenvalue weighted by Crippen LogP contribution is 2.07. The number of carbonyl (C=O) groups is 2. The highest BCUT2D eigenvalue weighted by molar-refractivity contribution is 5.94. The van der Waals surface area contributed by atoms with Crippen LogP contribution in [0, 0.1) is 6.92 Å². The first kappa shape index (κ1) is 18.1. The number of hydrogen-bond donors (Lipinski definition) is 2. The Balaban J connectivity index is 1.40. The maximum Gasteiger partial charge on any atom is 0.270 e. The van der Waals surface area contributed by atoms with Crippen LogP contribution in [0.15, 0.2) is 48.7 Å². The minimum Gasteiger partial charge on any atom is -0.345 e. The molecule has 1 aromatic carbocycles. The summed E-state index contributed by atoms with van der Waals surface area (Å²) in [4.78, 5) is 31.9. The van der Waals surface area contributed by atoms with Gasteiger partial charge in [-0.1, -0.05) is 23.8 Å². The van der Waals surface area contributed by atoms with Crippen LogP contribution in [-0.2, 0) is 0 Å². The quantitative estimate of drug-likeness (QED) is 0.805. The van der Waals surface area contributed by atoms with Crippen molar-refractivity contribution in [1.29, 1.82) is 0 Å². The van der Waals surface area contributed by atoms with Gasteiger partial charge in [0.15, 0.2) is 0 Å². The highest BCUT2D eigenvalue weighted by Gasteiger charge is 2.24. The Labute approximate surface area is 153 Å². The van der Waals surface area contributed by atoms with E-state index in [1.807, 2.05) is 36.1 Å². The first-order chi connectivity index (χ1) is 12.6. The molecule has 26 heavy (non-hydrogen) atoms. The molecule has 0 aliphatic carbocycles. The molecule has 1 aliphatic heterocycles. The maximum atomic E-state index is 12.5. The molecule has 136 valence electrons. The van der Waals surface area contributed by atoms with Gasteiger partial charge in [0.1, 0.15) is 5.69 Å². The summed E-state index contributed by atoms with van der Waals surface area (Å²) < 4.78 is 0. The van der Waals surface area contributed by atoms with Crippen molar-refractivity contribution in [3.63, 3.8) is 0 Å². The van der Waals surface area contributed by atoms with Gasteiger partial charge in [-0.15, -0.1) is 0 Å². The van der Waals surface area contributed by atoms with Crippen molar-refractivity contribution in [2.45, 2.75) is 6.92 Å². The molecule has 1 aliphatic rings. The normalized spacial score (nSPS) is 14.9. The summed E-state index contributed by atoms with van der Waals surface area (Å²) in [6, 6.07) is 13.0. The van der Waals surface area contributed by atoms with Gasteiger partial charge in [-0.25, -0.2) is 0 Å². The van der Waals surface area contributed by atoms with E-state index in [0.29, 0.717) is 12.2 Å². The molecular weight excluding hydrogens is 328 g/mol. The topological polar surface area (TPSA) is 66.7 Å². The Hall–Kier alpha value is -2.73. The SMILES string of the molecule is Cc1ccc(C(=O)N2CC[NH+](CCNC(=O)c3ccccn3)CC2)cc1. The number of piperazine rings is 1. The molecule has 1 saturated heterocycles. The zero-order valence-electron chi connectivity index (χ0n) is 15.1. The van der Waals surface area contributed by atoms with Crippen molar-refractivity contribution in [2.75, 3.05) is 39.3 Å². The predicted molar refractivity (Wildman–Crippen MR) is 99.2 cm³/mol. The molecule has 0 bridgehead atoms. The Morgan fingerprint density at radius 1 is 1.12 bits per heavy atom. The van der Waals surface area contributed by atoms with E-state index in [0.717, 1.165) is 43.9 Å². The Morgan fingerprint density at radius 3 is 2.50 bits per heavy atom. The Bertz CT molecular complexity index is 738. The molecule has 2 aromatic rings. The van der Waals surface area contributed by atoms with Crippen molar-refractivity contribution in [1.82, 2.24) is 15.2 Å². The predicted octanol–water partition coefficient (Wildman–Crippen LogP) is 0.161. The lowest BCUT2D eigenvalue weighted by atomic mass is 10.1. The van der Waals surface area contributed by atoms with Crippen LogP contribution in [0.2, 0.25) is 0 Å². The third kappa shape index (κ3) is 4.67. The summed E-state index contributed by atoms with van der Waals surface area (Å²) >= 11 is 0. The van der Waals surface area contributed by atoms with Crippen LogP contribution >= 0.6 is 0 Å². The van der Waals surface area contributed by atoms with Gasteiger partial charge >= 0.3 is 0 Å². The standard InChI is InChI=1S/C20H24N4O2/c1-16-5-7-17(8-6-16)20(26)24-14-12-23(13-15-24)11-10-22-19(25)18-4-2-3-9-21-18/h2-9H,10-15H2,1H3,(H,22,25)/p+1. The molecule has 2 amide bonds. The number of quaternary nitrogens is 1. The molecule has 2 N–H and O–H groups in total. The van der Waals surface area contributed by atoms with E-state index in [2.05, 4.69) is 10.3 Å². The third-order valence-electron chi connectivity index (χ3n) is 4.72. The second-order valence-electron chi connectivity index (χ2n) is 6.63. The lowest BCUT2D eigenvalue weighted by Crippen LogP contribution is -3.15. The molecule has 6 heteroatoms. The van der Waals surface area contributed by atoms with Crippen molar-refractivity contribution >= 4 is 11.8 Å². The number of carbonyl (C=O) groups excluding carboxylic acids is 2. The second-order valence-corrected chi connectivity index (χ2v) is 6.63. The number of rotatable bonds is 5. The number of nitrogens with one attached hydrogen (secondary N) is 2. The Morgan fingerprint density at radius 2 is 1.85 bits per heavy atom. The largest absolute Gasteiger partial charge is 0.345 e. The number of benzene rings is 1. The monoisotopic (exact) mass is 353 g/mol. The molecule has 0 radical (unpaired) electrons. The fraction of sp³-hybridized carbons (Fsp3) is 0.350. The number of aryl methyl sites for hydroxylation is 1. The minimum absolute atomic E-state index is 0.104. The number of aromatic nitrogens is 1. The number of amides is 2. The zero-order chi connectivity index (χ0) is 18.4. The molecule has 1 aromatic heterocycles. The summed E-state index contributed by atoms with van der Waals surface area (Å²) in [6.07, 6.45) is 1.62. The van der Waals surface area contributed by atoms with Crippen LogP contribution in [0.25, 0.3) is 0 Å². The van der Waals surface area contributed by atoms with E-state index in [9.17, 15) is 9.59 Å². The van der Waals surface area contributed by atoms with E-state index in [1.165, 1.54) is 4.90 Å². The molecule has 3 rings (SSSR count). The van der Waals surface area contributed by atoms with Gasteiger partial charge in [0.25, 0.3) is 11.8 Å². The van der Waals surface area contributed by atoms with Gasteiger partial charge in [-0.3, -0.25) is 14.6 Å². The summed E-state index contributed by atoms with van der Waals surface area (Å²) in [5, 5.41) is 2.91. The van der Waals surface area contributed by atoms with Crippen LogP contribution < -0.4 is 10.2 Å². The van der Waals surface area contributed by atoms with Crippen molar-refractivity contribution in [3.8, 4) is 0 Å². The zero-order valence-corrected chi connectivity index (χ0v) is 15.1. The van der Waals surface area contributed by atoms with Gasteiger partial charge in [0.2, 0.25) is 0 Å². The first-order valence-electron chi connectivity index (χ1n) is 9.02. The van der Waals surface area contributed by atoms with E-state index in [-0.39, 0.29) is 11.8 Å². The summed E-state index contributed by atoms with van der Waals surface area (Å²) in [5.74, 6) is -0.0364.